The molecule has 6 heteroatoms. The number of nitrogens with zero attached hydrogens (tertiary/aromatic N) is 1. The maximum atomic E-state index is 13.1. The number of hydrogen-bond donors (Lipinski definition) is 3. The molecule has 3 N–H and O–H groups in total. The minimum Gasteiger partial charge on any atom is -0.508 e. The smallest absolute Gasteiger partial charge is 0.258 e. The average Bonchev–Trinajstić information content (AvgIpc) is 3.10. The number of carbonyl (C=O) groups is 1. The fraction of sp³-hybridized carbons (Fsp3) is 0.208. The van der Waals surface area contributed by atoms with Crippen molar-refractivity contribution in [2.75, 3.05) is 19.0 Å². The van der Waals surface area contributed by atoms with Crippen LogP contribution in [0.25, 0.3) is 0 Å². The summed E-state index contributed by atoms with van der Waals surface area (Å²) in [7, 11) is 1.56. The number of phenols is 2. The van der Waals surface area contributed by atoms with Crippen LogP contribution in [0.3, 0.4) is 0 Å². The van der Waals surface area contributed by atoms with Gasteiger partial charge in [-0.2, -0.15) is 0 Å². The molecule has 3 aromatic rings. The van der Waals surface area contributed by atoms with Gasteiger partial charge in [0.05, 0.1) is 12.7 Å². The van der Waals surface area contributed by atoms with Crippen LogP contribution in [0.15, 0.2) is 60.7 Å². The molecular weight excluding hydrogens is 380 g/mol. The molecule has 30 heavy (non-hydrogen) atoms. The van der Waals surface area contributed by atoms with E-state index < -0.39 is 0 Å². The third kappa shape index (κ3) is 3.89. The minimum absolute atomic E-state index is 0.0402. The average molecular weight is 404 g/mol. The molecule has 1 heterocycles. The Balaban J connectivity index is 1.54. The lowest BCUT2D eigenvalue weighted by atomic mass is 10.1. The Hall–Kier alpha value is -3.67. The quantitative estimate of drug-likeness (QED) is 0.520. The second-order valence-electron chi connectivity index (χ2n) is 7.30. The zero-order chi connectivity index (χ0) is 21.1. The fourth-order valence-electron chi connectivity index (χ4n) is 3.77. The first kappa shape index (κ1) is 19.6. The lowest BCUT2D eigenvalue weighted by Crippen LogP contribution is -2.26. The molecule has 0 unspecified atom stereocenters. The Morgan fingerprint density at radius 2 is 1.87 bits per heavy atom. The maximum Gasteiger partial charge on any atom is 0.258 e. The second kappa shape index (κ2) is 8.37. The van der Waals surface area contributed by atoms with E-state index in [1.165, 1.54) is 23.8 Å². The number of anilines is 1. The fourth-order valence-corrected chi connectivity index (χ4v) is 3.77. The number of hydrogen-bond acceptors (Lipinski definition) is 5. The van der Waals surface area contributed by atoms with E-state index in [0.717, 1.165) is 17.7 Å². The van der Waals surface area contributed by atoms with Crippen LogP contribution in [-0.4, -0.2) is 34.7 Å². The molecule has 1 aliphatic heterocycles. The van der Waals surface area contributed by atoms with Gasteiger partial charge in [-0.3, -0.25) is 4.79 Å². The van der Waals surface area contributed by atoms with E-state index in [1.54, 1.807) is 13.2 Å². The Kier molecular flexibility index (Phi) is 5.48. The summed E-state index contributed by atoms with van der Waals surface area (Å²) in [6, 6.07) is 18.2. The topological polar surface area (TPSA) is 82.0 Å². The van der Waals surface area contributed by atoms with Crippen molar-refractivity contribution < 1.29 is 19.7 Å². The molecule has 0 aliphatic carbocycles. The Labute approximate surface area is 175 Å². The zero-order valence-corrected chi connectivity index (χ0v) is 16.8. The van der Waals surface area contributed by atoms with Crippen molar-refractivity contribution in [3.63, 3.8) is 0 Å². The van der Waals surface area contributed by atoms with Crippen molar-refractivity contribution in [3.05, 3.63) is 82.9 Å². The number of fused-ring (bicyclic) bond motifs is 1. The van der Waals surface area contributed by atoms with Crippen molar-refractivity contribution in [1.82, 2.24) is 4.90 Å². The molecule has 1 aliphatic rings. The first-order valence-corrected chi connectivity index (χ1v) is 9.84. The van der Waals surface area contributed by atoms with Crippen molar-refractivity contribution >= 4 is 11.6 Å². The third-order valence-corrected chi connectivity index (χ3v) is 5.39. The van der Waals surface area contributed by atoms with Crippen LogP contribution < -0.4 is 10.1 Å². The summed E-state index contributed by atoms with van der Waals surface area (Å²) in [6.07, 6.45) is 0.781. The largest absolute Gasteiger partial charge is 0.508 e. The van der Waals surface area contributed by atoms with Crippen molar-refractivity contribution in [2.24, 2.45) is 0 Å². The van der Waals surface area contributed by atoms with E-state index >= 15 is 0 Å². The van der Waals surface area contributed by atoms with E-state index in [0.29, 0.717) is 36.5 Å². The van der Waals surface area contributed by atoms with Crippen LogP contribution in [-0.2, 0) is 19.5 Å². The van der Waals surface area contributed by atoms with Crippen molar-refractivity contribution in [2.45, 2.75) is 19.5 Å². The Bertz CT molecular complexity index is 1070. The molecule has 4 rings (SSSR count). The summed E-state index contributed by atoms with van der Waals surface area (Å²) in [4.78, 5) is 14.9. The van der Waals surface area contributed by atoms with Crippen molar-refractivity contribution in [1.29, 1.82) is 0 Å². The Morgan fingerprint density at radius 1 is 1.07 bits per heavy atom. The van der Waals surface area contributed by atoms with Gasteiger partial charge >= 0.3 is 0 Å². The molecule has 0 spiro atoms. The number of benzene rings is 3. The molecule has 1 amide bonds. The first-order valence-electron chi connectivity index (χ1n) is 9.84. The van der Waals surface area contributed by atoms with E-state index in [2.05, 4.69) is 17.4 Å². The number of methoxy groups -OCH3 is 1. The van der Waals surface area contributed by atoms with Crippen molar-refractivity contribution in [3.8, 4) is 17.2 Å². The summed E-state index contributed by atoms with van der Waals surface area (Å²) in [5.74, 6) is 0.711. The zero-order valence-electron chi connectivity index (χ0n) is 16.8. The van der Waals surface area contributed by atoms with E-state index in [-0.39, 0.29) is 17.4 Å². The number of amides is 1. The summed E-state index contributed by atoms with van der Waals surface area (Å²) in [5.41, 5.74) is 4.03. The first-order chi connectivity index (χ1) is 14.6. The van der Waals surface area contributed by atoms with E-state index in [1.807, 2.05) is 29.2 Å². The monoisotopic (exact) mass is 404 g/mol. The normalized spacial score (nSPS) is 12.7. The second-order valence-corrected chi connectivity index (χ2v) is 7.30. The SMILES string of the molecule is COc1ccc(NCc2cc(O)ccc2O)c2c1C(=O)N(CCc1ccccc1)C2. The van der Waals surface area contributed by atoms with Gasteiger partial charge in [-0.05, 0) is 42.3 Å². The lowest BCUT2D eigenvalue weighted by molar-refractivity contribution is 0.0778. The van der Waals surface area contributed by atoms with Crippen LogP contribution in [0.1, 0.15) is 27.0 Å². The standard InChI is InChI=1S/C24H24N2O4/c1-30-22-10-8-20(25-14-17-13-18(27)7-9-21(17)28)19-15-26(24(29)23(19)22)12-11-16-5-3-2-4-6-16/h2-10,13,25,27-28H,11-12,14-15H2,1H3. The molecule has 0 saturated carbocycles. The maximum absolute atomic E-state index is 13.1. The third-order valence-electron chi connectivity index (χ3n) is 5.39. The number of ether oxygens (including phenoxy) is 1. The van der Waals surface area contributed by atoms with Gasteiger partial charge in [-0.1, -0.05) is 30.3 Å². The molecule has 3 aromatic carbocycles. The van der Waals surface area contributed by atoms with Gasteiger partial charge in [0.15, 0.2) is 0 Å². The predicted molar refractivity (Wildman–Crippen MR) is 115 cm³/mol. The molecule has 0 fully saturated rings. The van der Waals surface area contributed by atoms with Crippen LogP contribution in [0.2, 0.25) is 0 Å². The van der Waals surface area contributed by atoms with Gasteiger partial charge in [0, 0.05) is 36.4 Å². The molecule has 6 nitrogen and oxygen atoms in total. The molecule has 0 saturated heterocycles. The van der Waals surface area contributed by atoms with Gasteiger partial charge in [0.25, 0.3) is 5.91 Å². The Morgan fingerprint density at radius 3 is 2.63 bits per heavy atom. The summed E-state index contributed by atoms with van der Waals surface area (Å²) in [6.45, 7) is 1.43. The highest BCUT2D eigenvalue weighted by Crippen LogP contribution is 2.36. The van der Waals surface area contributed by atoms with Crippen LogP contribution >= 0.6 is 0 Å². The number of carbonyl (C=O) groups excluding carboxylic acids is 1. The molecule has 0 aromatic heterocycles. The van der Waals surface area contributed by atoms with Crippen LogP contribution in [0.4, 0.5) is 5.69 Å². The van der Waals surface area contributed by atoms with Crippen LogP contribution in [0, 0.1) is 0 Å². The highest BCUT2D eigenvalue weighted by molar-refractivity contribution is 6.02. The van der Waals surface area contributed by atoms with Crippen LogP contribution in [0.5, 0.6) is 17.2 Å². The highest BCUT2D eigenvalue weighted by atomic mass is 16.5. The van der Waals surface area contributed by atoms with Gasteiger partial charge in [-0.15, -0.1) is 0 Å². The number of phenolic OH excluding ortho intramolecular Hbond substituents is 2. The summed E-state index contributed by atoms with van der Waals surface area (Å²) in [5, 5.41) is 23.0. The molecule has 0 bridgehead atoms. The minimum atomic E-state index is -0.0402. The lowest BCUT2D eigenvalue weighted by Gasteiger charge is -2.16. The van der Waals surface area contributed by atoms with Gasteiger partial charge in [0.2, 0.25) is 0 Å². The van der Waals surface area contributed by atoms with Gasteiger partial charge in [-0.25, -0.2) is 0 Å². The molecule has 0 atom stereocenters. The summed E-state index contributed by atoms with van der Waals surface area (Å²) < 4.78 is 5.44. The van der Waals surface area contributed by atoms with E-state index in [9.17, 15) is 15.0 Å². The number of rotatable bonds is 7. The predicted octanol–water partition coefficient (Wildman–Crippen LogP) is 3.92. The number of nitrogens with one attached hydrogen (secondary N) is 1. The number of aromatic hydroxyl groups is 2. The van der Waals surface area contributed by atoms with Gasteiger partial charge < -0.3 is 25.2 Å². The summed E-state index contributed by atoms with van der Waals surface area (Å²) >= 11 is 0. The molecular formula is C24H24N2O4. The van der Waals surface area contributed by atoms with Gasteiger partial charge in [0.1, 0.15) is 17.2 Å². The highest BCUT2D eigenvalue weighted by Gasteiger charge is 2.32. The molecule has 0 radical (unpaired) electrons. The van der Waals surface area contributed by atoms with E-state index in [4.69, 9.17) is 4.74 Å². The molecule has 154 valence electrons.